The maximum Gasteiger partial charge on any atom is 0.417 e. The van der Waals surface area contributed by atoms with Crippen molar-refractivity contribution < 1.29 is 18.0 Å². The van der Waals surface area contributed by atoms with Crippen molar-refractivity contribution in [2.75, 3.05) is 11.9 Å². The number of nitrogens with zero attached hydrogens (tertiary/aromatic N) is 2. The second-order valence-electron chi connectivity index (χ2n) is 5.24. The fourth-order valence-corrected chi connectivity index (χ4v) is 2.44. The van der Waals surface area contributed by atoms with Gasteiger partial charge in [0.05, 0.1) is 16.6 Å². The van der Waals surface area contributed by atoms with Gasteiger partial charge in [0, 0.05) is 25.2 Å². The van der Waals surface area contributed by atoms with Crippen LogP contribution in [0, 0.1) is 0 Å². The number of aromatic nitrogens is 1. The summed E-state index contributed by atoms with van der Waals surface area (Å²) >= 11 is 5.83. The van der Waals surface area contributed by atoms with E-state index in [1.54, 1.807) is 4.90 Å². The van der Waals surface area contributed by atoms with E-state index in [1.807, 2.05) is 13.8 Å². The number of carbonyl (C=O) groups is 1. The van der Waals surface area contributed by atoms with Gasteiger partial charge in [-0.15, -0.1) is 0 Å². The van der Waals surface area contributed by atoms with Crippen molar-refractivity contribution in [3.8, 4) is 0 Å². The average molecular weight is 322 g/mol. The number of likely N-dealkylation sites (tertiary alicyclic amines) is 1. The summed E-state index contributed by atoms with van der Waals surface area (Å²) in [5, 5.41) is 2.82. The smallest absolute Gasteiger partial charge is 0.364 e. The molecule has 8 heteroatoms. The zero-order chi connectivity index (χ0) is 15.8. The lowest BCUT2D eigenvalue weighted by atomic mass is 10.2. The van der Waals surface area contributed by atoms with Crippen LogP contribution in [0.2, 0.25) is 5.02 Å². The number of hydrogen-bond donors (Lipinski definition) is 1. The maximum absolute atomic E-state index is 12.5. The molecule has 0 bridgehead atoms. The van der Waals surface area contributed by atoms with Crippen LogP contribution >= 0.6 is 11.6 Å². The molecule has 1 saturated heterocycles. The molecule has 116 valence electrons. The minimum atomic E-state index is -4.48. The van der Waals surface area contributed by atoms with Crippen LogP contribution in [0.25, 0.3) is 0 Å². The van der Waals surface area contributed by atoms with Crippen LogP contribution < -0.4 is 5.32 Å². The summed E-state index contributed by atoms with van der Waals surface area (Å²) in [6.45, 7) is 4.29. The molecule has 0 aromatic carbocycles. The number of anilines is 1. The van der Waals surface area contributed by atoms with Gasteiger partial charge in [-0.3, -0.25) is 4.79 Å². The Hall–Kier alpha value is -1.50. The van der Waals surface area contributed by atoms with Gasteiger partial charge in [0.2, 0.25) is 5.91 Å². The first kappa shape index (κ1) is 15.9. The maximum atomic E-state index is 12.5. The Balaban J connectivity index is 2.10. The van der Waals surface area contributed by atoms with E-state index in [-0.39, 0.29) is 35.3 Å². The van der Waals surface area contributed by atoms with E-state index in [0.717, 1.165) is 12.3 Å². The zero-order valence-corrected chi connectivity index (χ0v) is 12.3. The molecule has 2 rings (SSSR count). The van der Waals surface area contributed by atoms with Crippen LogP contribution in [0.4, 0.5) is 19.0 Å². The number of pyridine rings is 1. The lowest BCUT2D eigenvalue weighted by Crippen LogP contribution is -2.33. The second-order valence-corrected chi connectivity index (χ2v) is 5.64. The van der Waals surface area contributed by atoms with Crippen LogP contribution in [0.5, 0.6) is 0 Å². The van der Waals surface area contributed by atoms with Gasteiger partial charge in [0.1, 0.15) is 5.82 Å². The SMILES string of the molecule is CC(C)N1CC(Nc2ncc(C(F)(F)F)cc2Cl)CC1=O. The largest absolute Gasteiger partial charge is 0.417 e. The number of amides is 1. The summed E-state index contributed by atoms with van der Waals surface area (Å²) in [6.07, 6.45) is -3.48. The summed E-state index contributed by atoms with van der Waals surface area (Å²) in [4.78, 5) is 17.2. The molecule has 21 heavy (non-hydrogen) atoms. The first-order valence-electron chi connectivity index (χ1n) is 6.47. The third-order valence-corrected chi connectivity index (χ3v) is 3.58. The van der Waals surface area contributed by atoms with Gasteiger partial charge in [-0.1, -0.05) is 11.6 Å². The van der Waals surface area contributed by atoms with Crippen molar-refractivity contribution in [2.24, 2.45) is 0 Å². The normalized spacial score (nSPS) is 19.5. The van der Waals surface area contributed by atoms with Crippen LogP contribution in [-0.4, -0.2) is 34.4 Å². The molecule has 2 heterocycles. The number of hydrogen-bond acceptors (Lipinski definition) is 3. The molecule has 1 fully saturated rings. The highest BCUT2D eigenvalue weighted by Gasteiger charge is 2.33. The lowest BCUT2D eigenvalue weighted by Gasteiger charge is -2.21. The van der Waals surface area contributed by atoms with Crippen LogP contribution in [0.1, 0.15) is 25.8 Å². The molecule has 4 nitrogen and oxygen atoms in total. The molecular formula is C13H15ClF3N3O. The Morgan fingerprint density at radius 3 is 2.62 bits per heavy atom. The van der Waals surface area contributed by atoms with Gasteiger partial charge in [0.25, 0.3) is 0 Å². The topological polar surface area (TPSA) is 45.2 Å². The van der Waals surface area contributed by atoms with E-state index in [0.29, 0.717) is 6.54 Å². The van der Waals surface area contributed by atoms with Gasteiger partial charge in [0.15, 0.2) is 0 Å². The first-order chi connectivity index (χ1) is 9.68. The van der Waals surface area contributed by atoms with Crippen LogP contribution in [0.3, 0.4) is 0 Å². The second kappa shape index (κ2) is 5.71. The van der Waals surface area contributed by atoms with Crippen molar-refractivity contribution in [3.63, 3.8) is 0 Å². The molecule has 1 aliphatic rings. The fraction of sp³-hybridized carbons (Fsp3) is 0.538. The molecule has 0 saturated carbocycles. The average Bonchev–Trinajstić information content (AvgIpc) is 2.71. The number of alkyl halides is 3. The molecule has 1 atom stereocenters. The van der Waals surface area contributed by atoms with Crippen LogP contribution in [-0.2, 0) is 11.0 Å². The standard InChI is InChI=1S/C13H15ClF3N3O/c1-7(2)20-6-9(4-11(20)21)19-12-10(14)3-8(5-18-12)13(15,16)17/h3,5,7,9H,4,6H2,1-2H3,(H,18,19). The van der Waals surface area contributed by atoms with Crippen molar-refractivity contribution in [1.82, 2.24) is 9.88 Å². The molecule has 1 unspecified atom stereocenters. The minimum absolute atomic E-state index is 0.00512. The predicted octanol–water partition coefficient (Wildman–Crippen LogP) is 3.18. The highest BCUT2D eigenvalue weighted by atomic mass is 35.5. The van der Waals surface area contributed by atoms with Crippen molar-refractivity contribution in [1.29, 1.82) is 0 Å². The van der Waals surface area contributed by atoms with E-state index in [2.05, 4.69) is 10.3 Å². The molecular weight excluding hydrogens is 307 g/mol. The van der Waals surface area contributed by atoms with E-state index in [1.165, 1.54) is 0 Å². The Kier molecular flexibility index (Phi) is 4.32. The number of halogens is 4. The summed E-state index contributed by atoms with van der Waals surface area (Å²) in [5.74, 6) is 0.165. The molecule has 0 aliphatic carbocycles. The Bertz CT molecular complexity index is 548. The minimum Gasteiger partial charge on any atom is -0.364 e. The summed E-state index contributed by atoms with van der Waals surface area (Å²) in [7, 11) is 0. The van der Waals surface area contributed by atoms with Gasteiger partial charge in [-0.25, -0.2) is 4.98 Å². The summed E-state index contributed by atoms with van der Waals surface area (Å²) in [6, 6.07) is 0.704. The highest BCUT2D eigenvalue weighted by molar-refractivity contribution is 6.33. The van der Waals surface area contributed by atoms with Gasteiger partial charge in [-0.05, 0) is 19.9 Å². The third-order valence-electron chi connectivity index (χ3n) is 3.29. The molecule has 1 amide bonds. The monoisotopic (exact) mass is 321 g/mol. The molecule has 1 N–H and O–H groups in total. The molecule has 0 radical (unpaired) electrons. The van der Waals surface area contributed by atoms with Gasteiger partial charge >= 0.3 is 6.18 Å². The Morgan fingerprint density at radius 2 is 2.14 bits per heavy atom. The molecule has 1 aromatic heterocycles. The first-order valence-corrected chi connectivity index (χ1v) is 6.85. The number of nitrogens with one attached hydrogen (secondary N) is 1. The van der Waals surface area contributed by atoms with Crippen molar-refractivity contribution >= 4 is 23.3 Å². The quantitative estimate of drug-likeness (QED) is 0.930. The van der Waals surface area contributed by atoms with E-state index < -0.39 is 11.7 Å². The van der Waals surface area contributed by atoms with Crippen molar-refractivity contribution in [2.45, 2.75) is 38.5 Å². The third kappa shape index (κ3) is 3.58. The van der Waals surface area contributed by atoms with Gasteiger partial charge in [-0.2, -0.15) is 13.2 Å². The van der Waals surface area contributed by atoms with Crippen LogP contribution in [0.15, 0.2) is 12.3 Å². The molecule has 1 aromatic rings. The molecule has 1 aliphatic heterocycles. The zero-order valence-electron chi connectivity index (χ0n) is 11.5. The van der Waals surface area contributed by atoms with E-state index in [9.17, 15) is 18.0 Å². The van der Waals surface area contributed by atoms with Gasteiger partial charge < -0.3 is 10.2 Å². The summed E-state index contributed by atoms with van der Waals surface area (Å²) < 4.78 is 37.6. The highest BCUT2D eigenvalue weighted by Crippen LogP contribution is 2.32. The lowest BCUT2D eigenvalue weighted by molar-refractivity contribution is -0.137. The predicted molar refractivity (Wildman–Crippen MR) is 73.1 cm³/mol. The number of carbonyl (C=O) groups excluding carboxylic acids is 1. The fourth-order valence-electron chi connectivity index (χ4n) is 2.22. The Labute approximate surface area is 125 Å². The van der Waals surface area contributed by atoms with E-state index >= 15 is 0 Å². The Morgan fingerprint density at radius 1 is 1.48 bits per heavy atom. The number of rotatable bonds is 3. The summed E-state index contributed by atoms with van der Waals surface area (Å²) in [5.41, 5.74) is -0.899. The van der Waals surface area contributed by atoms with Crippen molar-refractivity contribution in [3.05, 3.63) is 22.8 Å². The van der Waals surface area contributed by atoms with E-state index in [4.69, 9.17) is 11.6 Å². The molecule has 0 spiro atoms.